The van der Waals surface area contributed by atoms with Gasteiger partial charge in [-0.1, -0.05) is 6.07 Å². The van der Waals surface area contributed by atoms with Crippen molar-refractivity contribution >= 4 is 17.9 Å². The van der Waals surface area contributed by atoms with Gasteiger partial charge in [0.15, 0.2) is 6.04 Å². The summed E-state index contributed by atoms with van der Waals surface area (Å²) >= 11 is 0. The van der Waals surface area contributed by atoms with E-state index >= 15 is 0 Å². The number of benzene rings is 1. The molecule has 8 nitrogen and oxygen atoms in total. The summed E-state index contributed by atoms with van der Waals surface area (Å²) < 4.78 is 31.5. The molecule has 0 aliphatic carbocycles. The van der Waals surface area contributed by atoms with Gasteiger partial charge in [0, 0.05) is 6.42 Å². The van der Waals surface area contributed by atoms with Crippen LogP contribution in [0.3, 0.4) is 0 Å². The van der Waals surface area contributed by atoms with Gasteiger partial charge >= 0.3 is 18.1 Å². The molecule has 2 atom stereocenters. The van der Waals surface area contributed by atoms with Crippen LogP contribution in [-0.4, -0.2) is 52.0 Å². The smallest absolute Gasteiger partial charge is 0.430 e. The number of carboxylic acids is 3. The number of rotatable bonds is 3. The number of hydrogen-bond acceptors (Lipinski definition) is 5. The molecule has 1 aliphatic rings. The first-order chi connectivity index (χ1) is 11.4. The van der Waals surface area contributed by atoms with Crippen LogP contribution in [0.2, 0.25) is 0 Å². The van der Waals surface area contributed by atoms with Crippen molar-refractivity contribution in [1.82, 2.24) is 0 Å². The minimum atomic E-state index is -5.19. The van der Waals surface area contributed by atoms with E-state index in [0.717, 1.165) is 0 Å². The van der Waals surface area contributed by atoms with E-state index < -0.39 is 30.1 Å². The third kappa shape index (κ3) is 5.35. The van der Waals surface area contributed by atoms with E-state index in [9.17, 15) is 27.9 Å². The van der Waals surface area contributed by atoms with E-state index in [2.05, 4.69) is 0 Å². The molecule has 138 valence electrons. The standard InChI is InChI=1S/C12H13NO5.C2HF3O2/c14-9-2-1-6(5-8(9)11(15)16)7-3-4-13-10(7)12(17)18;3-2(4,5)1(6)7/h1-2,5,7,10,13-14H,3-4H2,(H,15,16)(H,17,18);(H,6,7)/t7-,10+;/m1./s1. The van der Waals surface area contributed by atoms with Crippen LogP contribution in [0, 0.1) is 0 Å². The SMILES string of the molecule is O=C(O)c1cc([C@H]2CC[NH2+][C@@H]2C(=O)O)ccc1O.O=C([O-])C(F)(F)F. The van der Waals surface area contributed by atoms with E-state index in [4.69, 9.17) is 20.1 Å². The summed E-state index contributed by atoms with van der Waals surface area (Å²) in [5.74, 6) is -5.65. The van der Waals surface area contributed by atoms with Crippen LogP contribution >= 0.6 is 0 Å². The molecule has 0 bridgehead atoms. The highest BCUT2D eigenvalue weighted by Crippen LogP contribution is 2.28. The molecule has 1 aromatic rings. The molecule has 0 amide bonds. The van der Waals surface area contributed by atoms with Gasteiger partial charge in [0.05, 0.1) is 12.5 Å². The Hall–Kier alpha value is -2.82. The number of alkyl halides is 3. The van der Waals surface area contributed by atoms with Crippen molar-refractivity contribution < 1.29 is 53.3 Å². The second kappa shape index (κ2) is 7.83. The van der Waals surface area contributed by atoms with Crippen molar-refractivity contribution in [2.45, 2.75) is 24.6 Å². The van der Waals surface area contributed by atoms with E-state index in [1.165, 1.54) is 12.1 Å². The van der Waals surface area contributed by atoms with Crippen LogP contribution in [0.25, 0.3) is 0 Å². The molecule has 0 saturated carbocycles. The van der Waals surface area contributed by atoms with Crippen LogP contribution < -0.4 is 10.4 Å². The molecule has 25 heavy (non-hydrogen) atoms. The summed E-state index contributed by atoms with van der Waals surface area (Å²) in [7, 11) is 0. The maximum Gasteiger partial charge on any atom is 0.430 e. The molecule has 0 unspecified atom stereocenters. The zero-order chi connectivity index (χ0) is 19.4. The number of aromatic carboxylic acids is 1. The van der Waals surface area contributed by atoms with Crippen LogP contribution in [0.1, 0.15) is 28.3 Å². The number of aliphatic carboxylic acids is 2. The predicted molar refractivity (Wildman–Crippen MR) is 71.7 cm³/mol. The minimum Gasteiger partial charge on any atom is -0.542 e. The first kappa shape index (κ1) is 20.2. The van der Waals surface area contributed by atoms with Gasteiger partial charge < -0.3 is 30.5 Å². The molecular formula is C14H14F3NO7. The van der Waals surface area contributed by atoms with Crippen molar-refractivity contribution in [2.75, 3.05) is 6.54 Å². The molecule has 0 spiro atoms. The molecule has 11 heteroatoms. The minimum absolute atomic E-state index is 0.191. The monoisotopic (exact) mass is 365 g/mol. The first-order valence-corrected chi connectivity index (χ1v) is 6.85. The summed E-state index contributed by atoms with van der Waals surface area (Å²) in [5, 5.41) is 37.9. The molecule has 1 aromatic carbocycles. The number of carbonyl (C=O) groups is 3. The second-order valence-electron chi connectivity index (χ2n) is 5.15. The third-order valence-corrected chi connectivity index (χ3v) is 3.53. The molecule has 0 aromatic heterocycles. The highest BCUT2D eigenvalue weighted by atomic mass is 19.4. The van der Waals surface area contributed by atoms with E-state index in [1.54, 1.807) is 11.4 Å². The van der Waals surface area contributed by atoms with Crippen LogP contribution in [0.15, 0.2) is 18.2 Å². The quantitative estimate of drug-likeness (QED) is 0.530. The fourth-order valence-electron chi connectivity index (χ4n) is 2.40. The number of carbonyl (C=O) groups excluding carboxylic acids is 1. The van der Waals surface area contributed by atoms with Crippen LogP contribution in [0.4, 0.5) is 13.2 Å². The number of phenols is 1. The summed E-state index contributed by atoms with van der Waals surface area (Å²) in [4.78, 5) is 30.8. The fourth-order valence-corrected chi connectivity index (χ4v) is 2.40. The molecular weight excluding hydrogens is 351 g/mol. The zero-order valence-electron chi connectivity index (χ0n) is 12.5. The first-order valence-electron chi connectivity index (χ1n) is 6.85. The summed E-state index contributed by atoms with van der Waals surface area (Å²) in [5.41, 5.74) is 0.454. The van der Waals surface area contributed by atoms with Crippen molar-refractivity contribution in [2.24, 2.45) is 0 Å². The van der Waals surface area contributed by atoms with Crippen molar-refractivity contribution in [1.29, 1.82) is 0 Å². The van der Waals surface area contributed by atoms with Gasteiger partial charge in [-0.3, -0.25) is 0 Å². The highest BCUT2D eigenvalue weighted by Gasteiger charge is 2.38. The Labute approximate surface area is 138 Å². The van der Waals surface area contributed by atoms with Crippen molar-refractivity contribution in [3.63, 3.8) is 0 Å². The lowest BCUT2D eigenvalue weighted by Crippen LogP contribution is -2.89. The Morgan fingerprint density at radius 3 is 2.20 bits per heavy atom. The molecule has 1 heterocycles. The Bertz CT molecular complexity index is 675. The van der Waals surface area contributed by atoms with Gasteiger partial charge in [-0.15, -0.1) is 0 Å². The number of carboxylic acid groups (broad SMARTS) is 3. The third-order valence-electron chi connectivity index (χ3n) is 3.53. The molecule has 1 fully saturated rings. The van der Waals surface area contributed by atoms with Gasteiger partial charge in [-0.25, -0.2) is 9.59 Å². The van der Waals surface area contributed by atoms with Gasteiger partial charge in [0.2, 0.25) is 0 Å². The van der Waals surface area contributed by atoms with Crippen LogP contribution in [0.5, 0.6) is 5.75 Å². The maximum absolute atomic E-state index is 11.1. The normalized spacial score (nSPS) is 19.6. The number of quaternary nitrogens is 1. The predicted octanol–water partition coefficient (Wildman–Crippen LogP) is -1.11. The summed E-state index contributed by atoms with van der Waals surface area (Å²) in [6.45, 7) is 0.699. The molecule has 1 aliphatic heterocycles. The van der Waals surface area contributed by atoms with Crippen LogP contribution in [-0.2, 0) is 9.59 Å². The van der Waals surface area contributed by atoms with E-state index in [1.807, 2.05) is 0 Å². The maximum atomic E-state index is 11.1. The number of halogens is 3. The lowest BCUT2D eigenvalue weighted by Gasteiger charge is -2.13. The average molecular weight is 365 g/mol. The van der Waals surface area contributed by atoms with Gasteiger partial charge in [-0.2, -0.15) is 13.2 Å². The zero-order valence-corrected chi connectivity index (χ0v) is 12.5. The largest absolute Gasteiger partial charge is 0.542 e. The number of aromatic hydroxyl groups is 1. The summed E-state index contributed by atoms with van der Waals surface area (Å²) in [6.07, 6.45) is -4.51. The van der Waals surface area contributed by atoms with E-state index in [-0.39, 0.29) is 17.2 Å². The van der Waals surface area contributed by atoms with E-state index in [0.29, 0.717) is 18.5 Å². The molecule has 5 N–H and O–H groups in total. The molecule has 1 saturated heterocycles. The number of hydrogen-bond donors (Lipinski definition) is 4. The topological polar surface area (TPSA) is 152 Å². The number of nitrogens with two attached hydrogens (primary N) is 1. The van der Waals surface area contributed by atoms with Gasteiger partial charge in [0.1, 0.15) is 17.3 Å². The Morgan fingerprint density at radius 1 is 1.20 bits per heavy atom. The molecule has 2 rings (SSSR count). The average Bonchev–Trinajstić information content (AvgIpc) is 2.96. The van der Waals surface area contributed by atoms with Gasteiger partial charge in [0.25, 0.3) is 0 Å². The Kier molecular flexibility index (Phi) is 6.34. The van der Waals surface area contributed by atoms with Gasteiger partial charge in [-0.05, 0) is 17.7 Å². The lowest BCUT2D eigenvalue weighted by molar-refractivity contribution is -0.660. The Morgan fingerprint density at radius 2 is 1.76 bits per heavy atom. The fraction of sp³-hybridized carbons (Fsp3) is 0.357. The van der Waals surface area contributed by atoms with Crippen molar-refractivity contribution in [3.05, 3.63) is 29.3 Å². The summed E-state index contributed by atoms with van der Waals surface area (Å²) in [6, 6.07) is 3.66. The lowest BCUT2D eigenvalue weighted by atomic mass is 9.90. The molecule has 0 radical (unpaired) electrons. The second-order valence-corrected chi connectivity index (χ2v) is 5.15. The highest BCUT2D eigenvalue weighted by molar-refractivity contribution is 5.91. The van der Waals surface area contributed by atoms with Crippen molar-refractivity contribution in [3.8, 4) is 5.75 Å². The Balaban J connectivity index is 0.000000381.